The lowest BCUT2D eigenvalue weighted by molar-refractivity contribution is -0.153. The van der Waals surface area contributed by atoms with Gasteiger partial charge < -0.3 is 15.2 Å². The Hall–Kier alpha value is -5.49. The van der Waals surface area contributed by atoms with Crippen LogP contribution in [-0.4, -0.2) is 51.3 Å². The number of amides is 2. The number of hydrogen-bond acceptors (Lipinski definition) is 8. The number of carbonyl (C=O) groups is 4. The van der Waals surface area contributed by atoms with Gasteiger partial charge in [0.25, 0.3) is 17.7 Å². The SMILES string of the molecule is COC(=O)C(=O)C(C(=O)C(c1ccccc1)c1ccccc1)c1nc2n(c1O)/C(=N/C(=O)Nc1ccc(Cl)cc1)N=N2. The molecule has 0 spiro atoms. The Kier molecular flexibility index (Phi) is 7.98. The van der Waals surface area contributed by atoms with E-state index in [4.69, 9.17) is 11.6 Å². The number of benzene rings is 3. The van der Waals surface area contributed by atoms with Crippen molar-refractivity contribution >= 4 is 52.8 Å². The molecule has 0 aliphatic carbocycles. The first-order chi connectivity index (χ1) is 20.3. The van der Waals surface area contributed by atoms with Crippen LogP contribution in [0.5, 0.6) is 5.88 Å². The number of hydrogen-bond donors (Lipinski definition) is 2. The first-order valence-electron chi connectivity index (χ1n) is 12.4. The number of ether oxygens (including phenoxy) is 1. The molecule has 12 nitrogen and oxygen atoms in total. The smallest absolute Gasteiger partial charge is 0.375 e. The van der Waals surface area contributed by atoms with Crippen molar-refractivity contribution in [3.8, 4) is 5.88 Å². The number of halogens is 1. The number of azo groups is 1. The van der Waals surface area contributed by atoms with Crippen LogP contribution in [-0.2, 0) is 19.1 Å². The Morgan fingerprint density at radius 2 is 1.50 bits per heavy atom. The fourth-order valence-corrected chi connectivity index (χ4v) is 4.56. The molecule has 210 valence electrons. The van der Waals surface area contributed by atoms with Crippen LogP contribution < -0.4 is 5.32 Å². The fraction of sp³-hybridized carbons (Fsp3) is 0.103. The Morgan fingerprint density at radius 1 is 0.905 bits per heavy atom. The fourth-order valence-electron chi connectivity index (χ4n) is 4.43. The van der Waals surface area contributed by atoms with Crippen LogP contribution >= 0.6 is 11.6 Å². The second kappa shape index (κ2) is 11.9. The molecular formula is C29H21ClN6O6. The molecule has 42 heavy (non-hydrogen) atoms. The Balaban J connectivity index is 1.55. The molecule has 2 amide bonds. The molecule has 0 radical (unpaired) electrons. The average molecular weight is 585 g/mol. The Morgan fingerprint density at radius 3 is 2.07 bits per heavy atom. The maximum Gasteiger partial charge on any atom is 0.375 e. The number of aromatic nitrogens is 2. The van der Waals surface area contributed by atoms with Gasteiger partial charge in [-0.25, -0.2) is 19.1 Å². The minimum atomic E-state index is -1.89. The van der Waals surface area contributed by atoms with E-state index in [0.29, 0.717) is 21.8 Å². The number of esters is 1. The molecule has 5 rings (SSSR count). The van der Waals surface area contributed by atoms with Crippen molar-refractivity contribution in [2.75, 3.05) is 12.4 Å². The van der Waals surface area contributed by atoms with Crippen LogP contribution in [0.3, 0.4) is 0 Å². The number of aliphatic imine (C=N–C) groups is 1. The monoisotopic (exact) mass is 584 g/mol. The summed E-state index contributed by atoms with van der Waals surface area (Å²) in [5, 5.41) is 21.8. The summed E-state index contributed by atoms with van der Waals surface area (Å²) in [5.74, 6) is -7.59. The van der Waals surface area contributed by atoms with E-state index in [-0.39, 0.29) is 11.9 Å². The van der Waals surface area contributed by atoms with Crippen molar-refractivity contribution in [1.29, 1.82) is 0 Å². The molecule has 0 bridgehead atoms. The number of carbonyl (C=O) groups excluding carboxylic acids is 4. The third kappa shape index (κ3) is 5.56. The number of methoxy groups -OCH3 is 1. The normalized spacial score (nSPS) is 13.5. The van der Waals surface area contributed by atoms with Gasteiger partial charge in [0, 0.05) is 10.7 Å². The van der Waals surface area contributed by atoms with Gasteiger partial charge in [-0.2, -0.15) is 4.99 Å². The summed E-state index contributed by atoms with van der Waals surface area (Å²) in [7, 11) is 0.999. The van der Waals surface area contributed by atoms with Gasteiger partial charge in [-0.1, -0.05) is 72.3 Å². The van der Waals surface area contributed by atoms with Crippen molar-refractivity contribution < 1.29 is 29.0 Å². The van der Waals surface area contributed by atoms with Crippen molar-refractivity contribution in [3.05, 3.63) is 107 Å². The summed E-state index contributed by atoms with van der Waals surface area (Å²) in [6, 6.07) is 22.7. The number of nitrogens with zero attached hydrogens (tertiary/aromatic N) is 5. The number of aromatic hydroxyl groups is 1. The number of Topliss-reactive ketones (excluding diaryl/α,β-unsaturated/α-hetero) is 2. The Labute approximate surface area is 243 Å². The Bertz CT molecular complexity index is 1700. The average Bonchev–Trinajstić information content (AvgIpc) is 3.54. The zero-order chi connectivity index (χ0) is 29.8. The minimum absolute atomic E-state index is 0.257. The zero-order valence-electron chi connectivity index (χ0n) is 21.8. The molecule has 1 aliphatic rings. The van der Waals surface area contributed by atoms with E-state index in [9.17, 15) is 24.3 Å². The molecule has 13 heteroatoms. The van der Waals surface area contributed by atoms with Gasteiger partial charge >= 0.3 is 12.0 Å². The summed E-state index contributed by atoms with van der Waals surface area (Å²) in [6.45, 7) is 0. The third-order valence-corrected chi connectivity index (χ3v) is 6.60. The quantitative estimate of drug-likeness (QED) is 0.167. The highest BCUT2D eigenvalue weighted by molar-refractivity contribution is 6.41. The lowest BCUT2D eigenvalue weighted by Gasteiger charge is -2.21. The molecule has 2 N–H and O–H groups in total. The van der Waals surface area contributed by atoms with Crippen LogP contribution in [0.1, 0.15) is 28.7 Å². The molecule has 1 aromatic heterocycles. The van der Waals surface area contributed by atoms with Gasteiger partial charge in [-0.3, -0.25) is 9.59 Å². The van der Waals surface area contributed by atoms with Crippen LogP contribution in [0.25, 0.3) is 0 Å². The largest absolute Gasteiger partial charge is 0.493 e. The number of nitrogens with one attached hydrogen (secondary N) is 1. The van der Waals surface area contributed by atoms with Gasteiger partial charge in [0.2, 0.25) is 5.88 Å². The molecule has 1 unspecified atom stereocenters. The van der Waals surface area contributed by atoms with Crippen molar-refractivity contribution in [3.63, 3.8) is 0 Å². The molecule has 0 saturated heterocycles. The molecule has 0 saturated carbocycles. The topological polar surface area (TPSA) is 165 Å². The standard InChI is InChI=1S/C29H21ClN6O6/c1-42-26(40)24(38)21(23(37)20(16-8-4-2-5-9-16)17-10-6-3-7-11-17)22-25(39)36-27(32-22)34-35-28(36)33-29(41)31-19-14-12-18(30)13-15-19/h2-15,20-21,39H,1H3,(H,31,41)/b33-28+. The number of imidazole rings is 1. The number of urea groups is 1. The number of fused-ring (bicyclic) bond motifs is 1. The van der Waals surface area contributed by atoms with E-state index in [1.165, 1.54) is 0 Å². The number of rotatable bonds is 8. The lowest BCUT2D eigenvalue weighted by Crippen LogP contribution is -2.33. The first kappa shape index (κ1) is 28.1. The predicted octanol–water partition coefficient (Wildman–Crippen LogP) is 5.00. The first-order valence-corrected chi connectivity index (χ1v) is 12.8. The highest BCUT2D eigenvalue weighted by Gasteiger charge is 2.44. The van der Waals surface area contributed by atoms with Gasteiger partial charge in [-0.15, -0.1) is 10.2 Å². The maximum absolute atomic E-state index is 14.2. The highest BCUT2D eigenvalue weighted by atomic mass is 35.5. The molecule has 3 aromatic carbocycles. The lowest BCUT2D eigenvalue weighted by atomic mass is 9.79. The molecule has 1 aliphatic heterocycles. The predicted molar refractivity (Wildman–Crippen MR) is 151 cm³/mol. The second-order valence-electron chi connectivity index (χ2n) is 8.95. The van der Waals surface area contributed by atoms with Crippen LogP contribution in [0, 0.1) is 0 Å². The van der Waals surface area contributed by atoms with E-state index >= 15 is 0 Å². The van der Waals surface area contributed by atoms with E-state index < -0.39 is 47.0 Å². The zero-order valence-corrected chi connectivity index (χ0v) is 22.6. The molecule has 0 fully saturated rings. The van der Waals surface area contributed by atoms with Crippen molar-refractivity contribution in [2.24, 2.45) is 15.2 Å². The maximum atomic E-state index is 14.2. The van der Waals surface area contributed by atoms with Gasteiger partial charge in [0.15, 0.2) is 5.78 Å². The second-order valence-corrected chi connectivity index (χ2v) is 9.39. The summed E-state index contributed by atoms with van der Waals surface area (Å²) in [4.78, 5) is 60.5. The minimum Gasteiger partial charge on any atom is -0.493 e. The van der Waals surface area contributed by atoms with Gasteiger partial charge in [-0.05, 0) is 35.4 Å². The molecule has 1 atom stereocenters. The van der Waals surface area contributed by atoms with E-state index in [0.717, 1.165) is 11.7 Å². The van der Waals surface area contributed by atoms with Crippen LogP contribution in [0.15, 0.2) is 100 Å². The summed E-state index contributed by atoms with van der Waals surface area (Å²) >= 11 is 5.87. The highest BCUT2D eigenvalue weighted by Crippen LogP contribution is 2.39. The molecular weight excluding hydrogens is 564 g/mol. The number of anilines is 1. The van der Waals surface area contributed by atoms with Gasteiger partial charge in [0.05, 0.1) is 13.0 Å². The van der Waals surface area contributed by atoms with E-state index in [1.807, 2.05) is 0 Å². The van der Waals surface area contributed by atoms with Crippen molar-refractivity contribution in [2.45, 2.75) is 11.8 Å². The summed E-state index contributed by atoms with van der Waals surface area (Å²) in [6.07, 6.45) is 0. The summed E-state index contributed by atoms with van der Waals surface area (Å²) < 4.78 is 5.52. The van der Waals surface area contributed by atoms with Crippen molar-refractivity contribution in [1.82, 2.24) is 9.55 Å². The van der Waals surface area contributed by atoms with E-state index in [2.05, 4.69) is 30.3 Å². The number of ketones is 2. The molecule has 4 aromatic rings. The summed E-state index contributed by atoms with van der Waals surface area (Å²) in [5.41, 5.74) is 1.01. The van der Waals surface area contributed by atoms with Gasteiger partial charge in [0.1, 0.15) is 11.6 Å². The van der Waals surface area contributed by atoms with Crippen LogP contribution in [0.2, 0.25) is 5.02 Å². The van der Waals surface area contributed by atoms with E-state index in [1.54, 1.807) is 84.9 Å². The molecule has 2 heterocycles. The third-order valence-electron chi connectivity index (χ3n) is 6.34. The van der Waals surface area contributed by atoms with Crippen LogP contribution in [0.4, 0.5) is 16.4 Å².